The van der Waals surface area contributed by atoms with Crippen LogP contribution in [-0.2, 0) is 4.79 Å². The largest absolute Gasteiger partial charge is 0.481 e. The van der Waals surface area contributed by atoms with Crippen molar-refractivity contribution in [2.24, 2.45) is 5.92 Å². The molecule has 0 amide bonds. The molecule has 1 aliphatic carbocycles. The lowest BCUT2D eigenvalue weighted by Gasteiger charge is -2.27. The maximum atomic E-state index is 10.9. The molecule has 0 aliphatic heterocycles. The fraction of sp³-hybridized carbons (Fsp3) is 0.545. The maximum Gasteiger partial charge on any atom is 0.306 e. The van der Waals surface area contributed by atoms with E-state index in [4.69, 9.17) is 5.11 Å². The molecule has 2 rings (SSSR count). The highest BCUT2D eigenvalue weighted by Gasteiger charge is 2.27. The van der Waals surface area contributed by atoms with Gasteiger partial charge in [0.2, 0.25) is 5.95 Å². The van der Waals surface area contributed by atoms with Crippen LogP contribution in [-0.4, -0.2) is 27.1 Å². The summed E-state index contributed by atoms with van der Waals surface area (Å²) in [5.74, 6) is -0.339. The van der Waals surface area contributed by atoms with Gasteiger partial charge < -0.3 is 10.4 Å². The molecule has 5 heteroatoms. The van der Waals surface area contributed by atoms with E-state index in [0.717, 1.165) is 19.3 Å². The average Bonchev–Trinajstić information content (AvgIpc) is 2.30. The molecule has 1 saturated carbocycles. The third-order valence-electron chi connectivity index (χ3n) is 2.92. The first-order chi connectivity index (χ1) is 7.75. The van der Waals surface area contributed by atoms with Gasteiger partial charge in [0, 0.05) is 18.4 Å². The summed E-state index contributed by atoms with van der Waals surface area (Å²) >= 11 is 0. The zero-order valence-electron chi connectivity index (χ0n) is 8.97. The molecular weight excluding hydrogens is 206 g/mol. The second-order valence-corrected chi connectivity index (χ2v) is 4.12. The Bertz CT molecular complexity index is 356. The molecule has 0 saturated heterocycles. The number of hydrogen-bond donors (Lipinski definition) is 2. The van der Waals surface area contributed by atoms with E-state index >= 15 is 0 Å². The number of nitrogens with one attached hydrogen (secondary N) is 1. The normalized spacial score (nSPS) is 25.0. The van der Waals surface area contributed by atoms with Gasteiger partial charge in [-0.05, 0) is 25.3 Å². The summed E-state index contributed by atoms with van der Waals surface area (Å²) in [4.78, 5) is 19.0. The van der Waals surface area contributed by atoms with Gasteiger partial charge in [-0.15, -0.1) is 0 Å². The van der Waals surface area contributed by atoms with Crippen LogP contribution in [0.2, 0.25) is 0 Å². The Labute approximate surface area is 93.9 Å². The van der Waals surface area contributed by atoms with E-state index in [0.29, 0.717) is 12.4 Å². The van der Waals surface area contributed by atoms with Gasteiger partial charge in [0.25, 0.3) is 0 Å². The third kappa shape index (κ3) is 2.68. The average molecular weight is 221 g/mol. The van der Waals surface area contributed by atoms with Gasteiger partial charge >= 0.3 is 5.97 Å². The number of aliphatic carboxylic acids is 1. The van der Waals surface area contributed by atoms with Gasteiger partial charge in [0.15, 0.2) is 0 Å². The predicted octanol–water partition coefficient (Wildman–Crippen LogP) is 1.53. The minimum Gasteiger partial charge on any atom is -0.481 e. The molecule has 2 N–H and O–H groups in total. The van der Waals surface area contributed by atoms with Crippen LogP contribution < -0.4 is 5.32 Å². The number of nitrogens with zero attached hydrogens (tertiary/aromatic N) is 2. The van der Waals surface area contributed by atoms with Crippen LogP contribution in [0.1, 0.15) is 25.7 Å². The molecule has 0 spiro atoms. The van der Waals surface area contributed by atoms with Gasteiger partial charge in [-0.2, -0.15) is 0 Å². The van der Waals surface area contributed by atoms with E-state index in [2.05, 4.69) is 15.3 Å². The summed E-state index contributed by atoms with van der Waals surface area (Å²) in [6, 6.07) is 1.93. The smallest absolute Gasteiger partial charge is 0.306 e. The lowest BCUT2D eigenvalue weighted by molar-refractivity contribution is -0.142. The molecule has 0 radical (unpaired) electrons. The van der Waals surface area contributed by atoms with E-state index in [1.807, 2.05) is 0 Å². The third-order valence-corrected chi connectivity index (χ3v) is 2.92. The van der Waals surface area contributed by atoms with Gasteiger partial charge in [-0.25, -0.2) is 9.97 Å². The van der Waals surface area contributed by atoms with E-state index in [1.165, 1.54) is 0 Å². The molecule has 1 heterocycles. The van der Waals surface area contributed by atoms with Crippen LogP contribution in [0.15, 0.2) is 18.5 Å². The summed E-state index contributed by atoms with van der Waals surface area (Å²) in [6.07, 6.45) is 6.72. The quantitative estimate of drug-likeness (QED) is 0.809. The van der Waals surface area contributed by atoms with Crippen LogP contribution in [0.25, 0.3) is 0 Å². The molecular formula is C11H15N3O2. The van der Waals surface area contributed by atoms with E-state index in [9.17, 15) is 4.79 Å². The topological polar surface area (TPSA) is 75.1 Å². The summed E-state index contributed by atoms with van der Waals surface area (Å²) < 4.78 is 0. The molecule has 1 aromatic heterocycles. The van der Waals surface area contributed by atoms with Crippen LogP contribution >= 0.6 is 0 Å². The number of carbonyl (C=O) groups is 1. The first-order valence-corrected chi connectivity index (χ1v) is 5.52. The fourth-order valence-electron chi connectivity index (χ4n) is 2.10. The van der Waals surface area contributed by atoms with Crippen molar-refractivity contribution < 1.29 is 9.90 Å². The second-order valence-electron chi connectivity index (χ2n) is 4.12. The Balaban J connectivity index is 1.93. The maximum absolute atomic E-state index is 10.9. The highest BCUT2D eigenvalue weighted by Crippen LogP contribution is 2.25. The van der Waals surface area contributed by atoms with Crippen molar-refractivity contribution in [3.05, 3.63) is 18.5 Å². The minimum absolute atomic E-state index is 0.178. The van der Waals surface area contributed by atoms with Crippen molar-refractivity contribution in [1.82, 2.24) is 9.97 Å². The summed E-state index contributed by atoms with van der Waals surface area (Å²) in [6.45, 7) is 0. The van der Waals surface area contributed by atoms with Crippen molar-refractivity contribution in [2.45, 2.75) is 31.7 Å². The van der Waals surface area contributed by atoms with Gasteiger partial charge in [-0.3, -0.25) is 4.79 Å². The number of anilines is 1. The molecule has 2 atom stereocenters. The Morgan fingerprint density at radius 1 is 1.38 bits per heavy atom. The second kappa shape index (κ2) is 4.92. The standard InChI is InChI=1S/C11H15N3O2/c15-10(16)8-3-1-4-9(7-8)14-11-12-5-2-6-13-11/h2,5-6,8-9H,1,3-4,7H2,(H,15,16)(H,12,13,14)/t8-,9+/m1/s1. The first kappa shape index (κ1) is 10.9. The zero-order chi connectivity index (χ0) is 11.4. The van der Waals surface area contributed by atoms with E-state index < -0.39 is 5.97 Å². The van der Waals surface area contributed by atoms with Crippen molar-refractivity contribution in [3.8, 4) is 0 Å². The zero-order valence-corrected chi connectivity index (χ0v) is 8.97. The SMILES string of the molecule is O=C(O)[C@@H]1CCC[C@H](Nc2ncccn2)C1. The Kier molecular flexibility index (Phi) is 3.34. The molecule has 1 aliphatic rings. The summed E-state index contributed by atoms with van der Waals surface area (Å²) in [5, 5.41) is 12.1. The van der Waals surface area contributed by atoms with Gasteiger partial charge in [0.05, 0.1) is 5.92 Å². The highest BCUT2D eigenvalue weighted by molar-refractivity contribution is 5.70. The molecule has 86 valence electrons. The van der Waals surface area contributed by atoms with Gasteiger partial charge in [0.1, 0.15) is 0 Å². The number of hydrogen-bond acceptors (Lipinski definition) is 4. The van der Waals surface area contributed by atoms with Crippen LogP contribution in [0, 0.1) is 5.92 Å². The van der Waals surface area contributed by atoms with Crippen LogP contribution in [0.3, 0.4) is 0 Å². The van der Waals surface area contributed by atoms with Crippen molar-refractivity contribution in [3.63, 3.8) is 0 Å². The number of carboxylic acid groups (broad SMARTS) is 1. The number of aromatic nitrogens is 2. The summed E-state index contributed by atoms with van der Waals surface area (Å²) in [5.41, 5.74) is 0. The Hall–Kier alpha value is -1.65. The molecule has 0 aromatic carbocycles. The number of rotatable bonds is 3. The molecule has 0 bridgehead atoms. The van der Waals surface area contributed by atoms with Crippen molar-refractivity contribution in [2.75, 3.05) is 5.32 Å². The van der Waals surface area contributed by atoms with Gasteiger partial charge in [-0.1, -0.05) is 6.42 Å². The lowest BCUT2D eigenvalue weighted by Crippen LogP contribution is -2.31. The van der Waals surface area contributed by atoms with E-state index in [1.54, 1.807) is 18.5 Å². The molecule has 0 unspecified atom stereocenters. The monoisotopic (exact) mass is 221 g/mol. The minimum atomic E-state index is -0.694. The Morgan fingerprint density at radius 2 is 2.12 bits per heavy atom. The first-order valence-electron chi connectivity index (χ1n) is 5.52. The fourth-order valence-corrected chi connectivity index (χ4v) is 2.10. The number of carboxylic acids is 1. The lowest BCUT2D eigenvalue weighted by atomic mass is 9.86. The van der Waals surface area contributed by atoms with Crippen molar-refractivity contribution >= 4 is 11.9 Å². The Morgan fingerprint density at radius 3 is 2.81 bits per heavy atom. The molecule has 1 fully saturated rings. The van der Waals surface area contributed by atoms with Crippen molar-refractivity contribution in [1.29, 1.82) is 0 Å². The molecule has 1 aromatic rings. The molecule has 5 nitrogen and oxygen atoms in total. The summed E-state index contributed by atoms with van der Waals surface area (Å²) in [7, 11) is 0. The van der Waals surface area contributed by atoms with E-state index in [-0.39, 0.29) is 12.0 Å². The van der Waals surface area contributed by atoms with Crippen LogP contribution in [0.4, 0.5) is 5.95 Å². The van der Waals surface area contributed by atoms with Crippen LogP contribution in [0.5, 0.6) is 0 Å². The molecule has 16 heavy (non-hydrogen) atoms. The predicted molar refractivity (Wildman–Crippen MR) is 59.0 cm³/mol. The highest BCUT2D eigenvalue weighted by atomic mass is 16.4.